The molecule has 0 saturated carbocycles. The summed E-state index contributed by atoms with van der Waals surface area (Å²) in [5.41, 5.74) is 1.35. The van der Waals surface area contributed by atoms with Crippen molar-refractivity contribution in [2.75, 3.05) is 6.61 Å². The molecule has 0 aromatic rings. The number of ether oxygens (including phenoxy) is 1. The van der Waals surface area contributed by atoms with E-state index in [1.165, 1.54) is 24.8 Å². The second-order valence-electron chi connectivity index (χ2n) is 3.17. The molecule has 72 valence electrons. The van der Waals surface area contributed by atoms with Gasteiger partial charge < -0.3 is 4.74 Å². The molecular weight excluding hydrogens is 160 g/mol. The molecule has 1 aliphatic carbocycles. The monoisotopic (exact) mass is 178 g/mol. The molecule has 0 aromatic heterocycles. The van der Waals surface area contributed by atoms with E-state index in [4.69, 9.17) is 4.74 Å². The van der Waals surface area contributed by atoms with Crippen LogP contribution in [0.1, 0.15) is 32.6 Å². The topological polar surface area (TPSA) is 9.23 Å². The Kier molecular flexibility index (Phi) is 4.37. The largest absolute Gasteiger partial charge is 0.494 e. The molecule has 0 heterocycles. The molecule has 0 unspecified atom stereocenters. The van der Waals surface area contributed by atoms with Crippen LogP contribution in [0.5, 0.6) is 0 Å². The van der Waals surface area contributed by atoms with E-state index < -0.39 is 0 Å². The average Bonchev–Trinajstić information content (AvgIpc) is 2.19. The van der Waals surface area contributed by atoms with E-state index in [0.717, 1.165) is 18.8 Å². The van der Waals surface area contributed by atoms with Gasteiger partial charge in [-0.2, -0.15) is 0 Å². The van der Waals surface area contributed by atoms with Crippen LogP contribution in [0.25, 0.3) is 0 Å². The fourth-order valence-electron chi connectivity index (χ4n) is 1.57. The van der Waals surface area contributed by atoms with Crippen molar-refractivity contribution in [3.05, 3.63) is 36.1 Å². The van der Waals surface area contributed by atoms with Crippen LogP contribution in [-0.2, 0) is 4.74 Å². The lowest BCUT2D eigenvalue weighted by Crippen LogP contribution is -1.99. The number of hydrogen-bond acceptors (Lipinski definition) is 1. The van der Waals surface area contributed by atoms with E-state index in [-0.39, 0.29) is 0 Å². The zero-order chi connectivity index (χ0) is 9.52. The van der Waals surface area contributed by atoms with E-state index in [0.29, 0.717) is 0 Å². The molecule has 0 atom stereocenters. The molecule has 1 nitrogen and oxygen atoms in total. The van der Waals surface area contributed by atoms with Crippen molar-refractivity contribution in [3.63, 3.8) is 0 Å². The summed E-state index contributed by atoms with van der Waals surface area (Å²) in [7, 11) is 0. The maximum Gasteiger partial charge on any atom is 0.122 e. The molecule has 0 aromatic carbocycles. The molecule has 0 N–H and O–H groups in total. The molecule has 1 heteroatoms. The van der Waals surface area contributed by atoms with Gasteiger partial charge in [-0.25, -0.2) is 0 Å². The SMILES string of the molecule is C=C/C=C(/OCC)C1=CCCCC1. The average molecular weight is 178 g/mol. The molecule has 0 saturated heterocycles. The third kappa shape index (κ3) is 3.10. The lowest BCUT2D eigenvalue weighted by Gasteiger charge is -2.15. The summed E-state index contributed by atoms with van der Waals surface area (Å²) in [6, 6.07) is 0. The van der Waals surface area contributed by atoms with E-state index in [2.05, 4.69) is 12.7 Å². The van der Waals surface area contributed by atoms with E-state index in [1.807, 2.05) is 13.0 Å². The van der Waals surface area contributed by atoms with E-state index >= 15 is 0 Å². The maximum atomic E-state index is 5.54. The van der Waals surface area contributed by atoms with Gasteiger partial charge in [-0.3, -0.25) is 0 Å². The zero-order valence-electron chi connectivity index (χ0n) is 8.38. The number of rotatable bonds is 4. The molecule has 1 aliphatic rings. The van der Waals surface area contributed by atoms with Gasteiger partial charge in [0.05, 0.1) is 6.61 Å². The van der Waals surface area contributed by atoms with Crippen LogP contribution in [-0.4, -0.2) is 6.61 Å². The van der Waals surface area contributed by atoms with Crippen LogP contribution in [0.4, 0.5) is 0 Å². The standard InChI is InChI=1S/C12H18O/c1-3-8-12(13-4-2)11-9-6-5-7-10-11/h3,8-9H,1,4-7,10H2,2H3/b12-8+. The summed E-state index contributed by atoms with van der Waals surface area (Å²) >= 11 is 0. The molecule has 0 bridgehead atoms. The minimum atomic E-state index is 0.733. The van der Waals surface area contributed by atoms with Gasteiger partial charge in [-0.1, -0.05) is 18.7 Å². The third-order valence-corrected chi connectivity index (χ3v) is 2.18. The lowest BCUT2D eigenvalue weighted by molar-refractivity contribution is 0.235. The summed E-state index contributed by atoms with van der Waals surface area (Å²) < 4.78 is 5.54. The fourth-order valence-corrected chi connectivity index (χ4v) is 1.57. The van der Waals surface area contributed by atoms with Gasteiger partial charge in [-0.05, 0) is 44.3 Å². The van der Waals surface area contributed by atoms with Gasteiger partial charge in [0.1, 0.15) is 5.76 Å². The third-order valence-electron chi connectivity index (χ3n) is 2.18. The van der Waals surface area contributed by atoms with Crippen molar-refractivity contribution in [2.45, 2.75) is 32.6 Å². The fraction of sp³-hybridized carbons (Fsp3) is 0.500. The van der Waals surface area contributed by atoms with Crippen LogP contribution < -0.4 is 0 Å². The predicted octanol–water partition coefficient (Wildman–Crippen LogP) is 3.59. The van der Waals surface area contributed by atoms with Crippen molar-refractivity contribution in [3.8, 4) is 0 Å². The molecule has 0 amide bonds. The van der Waals surface area contributed by atoms with Gasteiger partial charge in [0.15, 0.2) is 0 Å². The van der Waals surface area contributed by atoms with Crippen LogP contribution >= 0.6 is 0 Å². The predicted molar refractivity (Wildman–Crippen MR) is 56.5 cm³/mol. The summed E-state index contributed by atoms with van der Waals surface area (Å²) in [5, 5.41) is 0. The van der Waals surface area contributed by atoms with Crippen molar-refractivity contribution in [1.29, 1.82) is 0 Å². The Bertz CT molecular complexity index is 223. The quantitative estimate of drug-likeness (QED) is 0.472. The zero-order valence-corrected chi connectivity index (χ0v) is 8.38. The normalized spacial score (nSPS) is 17.9. The van der Waals surface area contributed by atoms with Crippen LogP contribution in [0.15, 0.2) is 36.1 Å². The molecule has 1 rings (SSSR count). The second kappa shape index (κ2) is 5.63. The summed E-state index contributed by atoms with van der Waals surface area (Å²) in [5.74, 6) is 1.01. The first-order valence-electron chi connectivity index (χ1n) is 5.03. The second-order valence-corrected chi connectivity index (χ2v) is 3.17. The van der Waals surface area contributed by atoms with E-state index in [9.17, 15) is 0 Å². The lowest BCUT2D eigenvalue weighted by atomic mass is 9.98. The van der Waals surface area contributed by atoms with E-state index in [1.54, 1.807) is 6.08 Å². The minimum absolute atomic E-state index is 0.733. The highest BCUT2D eigenvalue weighted by atomic mass is 16.5. The summed E-state index contributed by atoms with van der Waals surface area (Å²) in [6.07, 6.45) is 11.0. The molecule has 0 aliphatic heterocycles. The van der Waals surface area contributed by atoms with Crippen molar-refractivity contribution in [1.82, 2.24) is 0 Å². The molecule has 0 spiro atoms. The van der Waals surface area contributed by atoms with Gasteiger partial charge in [-0.15, -0.1) is 0 Å². The Morgan fingerprint density at radius 2 is 2.46 bits per heavy atom. The molecule has 13 heavy (non-hydrogen) atoms. The van der Waals surface area contributed by atoms with Gasteiger partial charge in [0, 0.05) is 0 Å². The first-order chi connectivity index (χ1) is 6.38. The van der Waals surface area contributed by atoms with Gasteiger partial charge in [0.25, 0.3) is 0 Å². The first-order valence-corrected chi connectivity index (χ1v) is 5.03. The van der Waals surface area contributed by atoms with Crippen LogP contribution in [0, 0.1) is 0 Å². The Morgan fingerprint density at radius 3 is 3.00 bits per heavy atom. The summed E-state index contributed by atoms with van der Waals surface area (Å²) in [6.45, 7) is 6.44. The summed E-state index contributed by atoms with van der Waals surface area (Å²) in [4.78, 5) is 0. The maximum absolute atomic E-state index is 5.54. The van der Waals surface area contributed by atoms with Crippen molar-refractivity contribution >= 4 is 0 Å². The Labute approximate surface area is 80.8 Å². The minimum Gasteiger partial charge on any atom is -0.494 e. The Morgan fingerprint density at radius 1 is 1.62 bits per heavy atom. The first kappa shape index (κ1) is 10.1. The van der Waals surface area contributed by atoms with Crippen molar-refractivity contribution < 1.29 is 4.74 Å². The number of hydrogen-bond donors (Lipinski definition) is 0. The smallest absolute Gasteiger partial charge is 0.122 e. The molecular formula is C12H18O. The highest BCUT2D eigenvalue weighted by molar-refractivity contribution is 5.29. The number of allylic oxidation sites excluding steroid dienone is 4. The molecule has 0 radical (unpaired) electrons. The highest BCUT2D eigenvalue weighted by Gasteiger charge is 2.08. The Hall–Kier alpha value is -0.980. The van der Waals surface area contributed by atoms with Gasteiger partial charge in [0.2, 0.25) is 0 Å². The van der Waals surface area contributed by atoms with Crippen LogP contribution in [0.2, 0.25) is 0 Å². The van der Waals surface area contributed by atoms with Gasteiger partial charge >= 0.3 is 0 Å². The Balaban J connectivity index is 2.67. The molecule has 0 fully saturated rings. The highest BCUT2D eigenvalue weighted by Crippen LogP contribution is 2.24. The van der Waals surface area contributed by atoms with Crippen molar-refractivity contribution in [2.24, 2.45) is 0 Å². The van der Waals surface area contributed by atoms with Crippen LogP contribution in [0.3, 0.4) is 0 Å².